The molecule has 2 rings (SSSR count). The van der Waals surface area contributed by atoms with E-state index in [0.29, 0.717) is 11.6 Å². The Bertz CT molecular complexity index is 592. The van der Waals surface area contributed by atoms with Crippen LogP contribution in [0.2, 0.25) is 0 Å². The van der Waals surface area contributed by atoms with Crippen molar-refractivity contribution in [2.45, 2.75) is 46.6 Å². The van der Waals surface area contributed by atoms with E-state index >= 15 is 0 Å². The molecule has 0 radical (unpaired) electrons. The van der Waals surface area contributed by atoms with E-state index in [4.69, 9.17) is 10.3 Å². The highest BCUT2D eigenvalue weighted by molar-refractivity contribution is 5.66. The van der Waals surface area contributed by atoms with Gasteiger partial charge in [0, 0.05) is 12.6 Å². The van der Waals surface area contributed by atoms with Crippen LogP contribution in [-0.2, 0) is 7.05 Å². The second-order valence-electron chi connectivity index (χ2n) is 5.53. The predicted molar refractivity (Wildman–Crippen MR) is 79.7 cm³/mol. The number of hydrogen-bond donors (Lipinski definition) is 2. The van der Waals surface area contributed by atoms with Crippen LogP contribution >= 0.6 is 0 Å². The molecule has 110 valence electrons. The zero-order valence-electron chi connectivity index (χ0n) is 13.0. The zero-order valence-corrected chi connectivity index (χ0v) is 13.0. The van der Waals surface area contributed by atoms with Gasteiger partial charge < -0.3 is 15.6 Å². The van der Waals surface area contributed by atoms with Crippen molar-refractivity contribution in [1.29, 1.82) is 0 Å². The van der Waals surface area contributed by atoms with Gasteiger partial charge in [-0.25, -0.2) is 0 Å². The fourth-order valence-corrected chi connectivity index (χ4v) is 2.54. The summed E-state index contributed by atoms with van der Waals surface area (Å²) in [4.78, 5) is 0. The lowest BCUT2D eigenvalue weighted by Gasteiger charge is -2.15. The minimum atomic E-state index is 0.0546. The number of anilines is 2. The monoisotopic (exact) mass is 277 g/mol. The van der Waals surface area contributed by atoms with E-state index in [1.165, 1.54) is 0 Å². The molecule has 0 aliphatic carbocycles. The quantitative estimate of drug-likeness (QED) is 0.898. The summed E-state index contributed by atoms with van der Waals surface area (Å²) in [5.41, 5.74) is 9.79. The van der Waals surface area contributed by atoms with Crippen molar-refractivity contribution >= 4 is 11.5 Å². The lowest BCUT2D eigenvalue weighted by Crippen LogP contribution is -2.12. The van der Waals surface area contributed by atoms with E-state index in [-0.39, 0.29) is 6.04 Å². The largest absolute Gasteiger partial charge is 0.394 e. The summed E-state index contributed by atoms with van der Waals surface area (Å²) in [6.45, 7) is 10.1. The third kappa shape index (κ3) is 2.37. The Kier molecular flexibility index (Phi) is 3.74. The van der Waals surface area contributed by atoms with Gasteiger partial charge in [0.15, 0.2) is 0 Å². The molecule has 0 spiro atoms. The molecule has 0 bridgehead atoms. The maximum atomic E-state index is 6.20. The number of aryl methyl sites for hydroxylation is 3. The molecule has 1 atom stereocenters. The molecular formula is C14H23N5O. The van der Waals surface area contributed by atoms with Crippen LogP contribution in [0.4, 0.5) is 11.5 Å². The minimum absolute atomic E-state index is 0.0546. The second kappa shape index (κ2) is 5.19. The lowest BCUT2D eigenvalue weighted by atomic mass is 10.1. The van der Waals surface area contributed by atoms with Gasteiger partial charge in [0.2, 0.25) is 0 Å². The van der Waals surface area contributed by atoms with Crippen molar-refractivity contribution in [3.05, 3.63) is 22.7 Å². The fraction of sp³-hybridized carbons (Fsp3) is 0.571. The molecule has 2 aromatic rings. The number of nitrogens with two attached hydrogens (primary N) is 1. The van der Waals surface area contributed by atoms with Crippen LogP contribution in [0.5, 0.6) is 0 Å². The molecule has 0 aliphatic rings. The molecule has 0 saturated carbocycles. The number of hydrogen-bond acceptors (Lipinski definition) is 5. The Hall–Kier alpha value is -1.98. The van der Waals surface area contributed by atoms with Crippen molar-refractivity contribution in [2.75, 3.05) is 11.1 Å². The van der Waals surface area contributed by atoms with Gasteiger partial charge in [0.05, 0.1) is 23.1 Å². The van der Waals surface area contributed by atoms with Crippen LogP contribution in [0.3, 0.4) is 0 Å². The third-order valence-corrected chi connectivity index (χ3v) is 3.53. The topological polar surface area (TPSA) is 81.9 Å². The summed E-state index contributed by atoms with van der Waals surface area (Å²) >= 11 is 0. The van der Waals surface area contributed by atoms with Gasteiger partial charge in [-0.15, -0.1) is 0 Å². The summed E-state index contributed by atoms with van der Waals surface area (Å²) in [6, 6.07) is 0.0546. The number of nitrogen functional groups attached to an aromatic ring is 1. The number of nitrogens with one attached hydrogen (secondary N) is 1. The molecule has 0 saturated heterocycles. The highest BCUT2D eigenvalue weighted by Crippen LogP contribution is 2.31. The lowest BCUT2D eigenvalue weighted by molar-refractivity contribution is 0.392. The first kappa shape index (κ1) is 14.4. The molecule has 1 unspecified atom stereocenters. The van der Waals surface area contributed by atoms with Crippen LogP contribution in [0.15, 0.2) is 4.52 Å². The molecule has 3 N–H and O–H groups in total. The molecule has 6 heteroatoms. The SMILES string of the molecule is Cc1noc(C)c1C(C)Nc1c(N)c(C(C)C)nn1C. The second-order valence-corrected chi connectivity index (χ2v) is 5.53. The van der Waals surface area contributed by atoms with Gasteiger partial charge in [0.1, 0.15) is 11.6 Å². The Labute approximate surface area is 119 Å². The maximum Gasteiger partial charge on any atom is 0.148 e. The molecule has 0 aromatic carbocycles. The van der Waals surface area contributed by atoms with E-state index in [0.717, 1.165) is 28.5 Å². The number of aromatic nitrogens is 3. The van der Waals surface area contributed by atoms with Crippen LogP contribution in [-0.4, -0.2) is 14.9 Å². The van der Waals surface area contributed by atoms with Crippen molar-refractivity contribution in [3.8, 4) is 0 Å². The van der Waals surface area contributed by atoms with E-state index in [1.807, 2.05) is 20.9 Å². The van der Waals surface area contributed by atoms with Crippen molar-refractivity contribution in [2.24, 2.45) is 7.05 Å². The van der Waals surface area contributed by atoms with Crippen LogP contribution in [0.25, 0.3) is 0 Å². The first-order valence-corrected chi connectivity index (χ1v) is 6.84. The van der Waals surface area contributed by atoms with Crippen LogP contribution < -0.4 is 11.1 Å². The summed E-state index contributed by atoms with van der Waals surface area (Å²) in [5.74, 6) is 1.96. The van der Waals surface area contributed by atoms with E-state index in [1.54, 1.807) is 4.68 Å². The Morgan fingerprint density at radius 1 is 1.25 bits per heavy atom. The first-order chi connectivity index (χ1) is 9.32. The molecule has 0 fully saturated rings. The fourth-order valence-electron chi connectivity index (χ4n) is 2.54. The van der Waals surface area contributed by atoms with Crippen LogP contribution in [0, 0.1) is 13.8 Å². The molecule has 2 aromatic heterocycles. The average molecular weight is 277 g/mol. The van der Waals surface area contributed by atoms with Gasteiger partial charge in [0.25, 0.3) is 0 Å². The van der Waals surface area contributed by atoms with Gasteiger partial charge in [-0.3, -0.25) is 4.68 Å². The van der Waals surface area contributed by atoms with Gasteiger partial charge in [-0.1, -0.05) is 19.0 Å². The van der Waals surface area contributed by atoms with Gasteiger partial charge in [-0.05, 0) is 26.7 Å². The molecular weight excluding hydrogens is 254 g/mol. The highest BCUT2D eigenvalue weighted by atomic mass is 16.5. The normalized spacial score (nSPS) is 12.9. The molecule has 20 heavy (non-hydrogen) atoms. The number of nitrogens with zero attached hydrogens (tertiary/aromatic N) is 3. The Balaban J connectivity index is 2.31. The zero-order chi connectivity index (χ0) is 15.0. The van der Waals surface area contributed by atoms with Crippen LogP contribution in [0.1, 0.15) is 55.4 Å². The highest BCUT2D eigenvalue weighted by Gasteiger charge is 2.21. The third-order valence-electron chi connectivity index (χ3n) is 3.53. The summed E-state index contributed by atoms with van der Waals surface area (Å²) in [5, 5.41) is 11.9. The molecule has 0 amide bonds. The average Bonchev–Trinajstić information content (AvgIpc) is 2.83. The Morgan fingerprint density at radius 2 is 1.90 bits per heavy atom. The Morgan fingerprint density at radius 3 is 2.35 bits per heavy atom. The van der Waals surface area contributed by atoms with Crippen molar-refractivity contribution in [3.63, 3.8) is 0 Å². The standard InChI is InChI=1S/C14H23N5O/c1-7(2)13-12(15)14(19(6)17-13)16-8(3)11-9(4)18-20-10(11)5/h7-8,16H,15H2,1-6H3. The summed E-state index contributed by atoms with van der Waals surface area (Å²) < 4.78 is 7.01. The molecule has 6 nitrogen and oxygen atoms in total. The molecule has 0 aliphatic heterocycles. The summed E-state index contributed by atoms with van der Waals surface area (Å²) in [6.07, 6.45) is 0. The van der Waals surface area contributed by atoms with E-state index < -0.39 is 0 Å². The number of rotatable bonds is 4. The van der Waals surface area contributed by atoms with Gasteiger partial charge >= 0.3 is 0 Å². The predicted octanol–water partition coefficient (Wildman–Crippen LogP) is 2.90. The maximum absolute atomic E-state index is 6.20. The molecule has 2 heterocycles. The van der Waals surface area contributed by atoms with Gasteiger partial charge in [-0.2, -0.15) is 5.10 Å². The van der Waals surface area contributed by atoms with E-state index in [2.05, 4.69) is 36.3 Å². The van der Waals surface area contributed by atoms with E-state index in [9.17, 15) is 0 Å². The minimum Gasteiger partial charge on any atom is -0.394 e. The van der Waals surface area contributed by atoms with Crippen molar-refractivity contribution < 1.29 is 4.52 Å². The first-order valence-electron chi connectivity index (χ1n) is 6.84. The smallest absolute Gasteiger partial charge is 0.148 e. The summed E-state index contributed by atoms with van der Waals surface area (Å²) in [7, 11) is 1.89. The van der Waals surface area contributed by atoms with Crippen molar-refractivity contribution in [1.82, 2.24) is 14.9 Å².